The van der Waals surface area contributed by atoms with Gasteiger partial charge in [-0.3, -0.25) is 0 Å². The van der Waals surface area contributed by atoms with Gasteiger partial charge in [-0.1, -0.05) is 7.43 Å². The summed E-state index contributed by atoms with van der Waals surface area (Å²) in [6.45, 7) is -0.439. The average molecular weight is 209 g/mol. The molecule has 0 bridgehead atoms. The van der Waals surface area contributed by atoms with Crippen molar-refractivity contribution in [1.29, 1.82) is 0 Å². The number of nitrogens with one attached hydrogen (secondary N) is 1. The molecule has 0 saturated carbocycles. The van der Waals surface area contributed by atoms with E-state index in [4.69, 9.17) is 9.84 Å². The topological polar surface area (TPSA) is 102 Å². The lowest BCUT2D eigenvalue weighted by molar-refractivity contribution is -0.253. The summed E-state index contributed by atoms with van der Waals surface area (Å²) in [5, 5.41) is 39.4. The van der Waals surface area contributed by atoms with Crippen molar-refractivity contribution in [2.75, 3.05) is 13.7 Å². The first kappa shape index (κ1) is 13.8. The average Bonchev–Trinajstić information content (AvgIpc) is 2.12. The maximum Gasteiger partial charge on any atom is 0.173 e. The number of likely N-dealkylation sites (N-methyl/N-ethyl adjacent to an activating group) is 1. The van der Waals surface area contributed by atoms with E-state index in [0.717, 1.165) is 0 Å². The monoisotopic (exact) mass is 209 g/mol. The molecule has 0 aliphatic carbocycles. The van der Waals surface area contributed by atoms with E-state index in [0.29, 0.717) is 0 Å². The lowest BCUT2D eigenvalue weighted by Gasteiger charge is -2.39. The summed E-state index contributed by atoms with van der Waals surface area (Å²) >= 11 is 0. The molecule has 1 aliphatic heterocycles. The van der Waals surface area contributed by atoms with Gasteiger partial charge in [-0.15, -0.1) is 0 Å². The van der Waals surface area contributed by atoms with E-state index >= 15 is 0 Å². The highest BCUT2D eigenvalue weighted by Crippen LogP contribution is 2.18. The summed E-state index contributed by atoms with van der Waals surface area (Å²) in [7, 11) is 1.53. The molecule has 1 heterocycles. The van der Waals surface area contributed by atoms with Gasteiger partial charge in [0.2, 0.25) is 0 Å². The molecule has 1 unspecified atom stereocenters. The first-order chi connectivity index (χ1) is 6.11. The quantitative estimate of drug-likeness (QED) is 0.349. The van der Waals surface area contributed by atoms with Crippen LogP contribution in [-0.4, -0.2) is 64.7 Å². The van der Waals surface area contributed by atoms with Gasteiger partial charge in [-0.25, -0.2) is 0 Å². The number of hydrogen-bond acceptors (Lipinski definition) is 6. The first-order valence-corrected chi connectivity index (χ1v) is 4.09. The van der Waals surface area contributed by atoms with Gasteiger partial charge in [0, 0.05) is 0 Å². The molecule has 6 nitrogen and oxygen atoms in total. The molecule has 1 saturated heterocycles. The van der Waals surface area contributed by atoms with E-state index < -0.39 is 37.3 Å². The smallest absolute Gasteiger partial charge is 0.173 e. The first-order valence-electron chi connectivity index (χ1n) is 4.09. The number of ether oxygens (including phenoxy) is 1. The molecule has 14 heavy (non-hydrogen) atoms. The third-order valence-electron chi connectivity index (χ3n) is 2.23. The maximum absolute atomic E-state index is 9.45. The molecule has 5 atom stereocenters. The van der Waals surface area contributed by atoms with Crippen LogP contribution in [0.15, 0.2) is 0 Å². The summed E-state index contributed by atoms with van der Waals surface area (Å²) in [4.78, 5) is 0. The summed E-state index contributed by atoms with van der Waals surface area (Å²) in [6.07, 6.45) is -4.49. The van der Waals surface area contributed by atoms with E-state index in [1.165, 1.54) is 7.05 Å². The van der Waals surface area contributed by atoms with Crippen molar-refractivity contribution in [1.82, 2.24) is 5.32 Å². The van der Waals surface area contributed by atoms with Crippen LogP contribution >= 0.6 is 0 Å². The largest absolute Gasteiger partial charge is 0.394 e. The van der Waals surface area contributed by atoms with Gasteiger partial charge in [-0.05, 0) is 7.05 Å². The highest BCUT2D eigenvalue weighted by Gasteiger charge is 2.42. The van der Waals surface area contributed by atoms with Crippen molar-refractivity contribution in [3.63, 3.8) is 0 Å². The lowest BCUT2D eigenvalue weighted by atomic mass is 9.97. The fourth-order valence-corrected chi connectivity index (χ4v) is 1.41. The van der Waals surface area contributed by atoms with Crippen LogP contribution in [0.1, 0.15) is 7.43 Å². The summed E-state index contributed by atoms with van der Waals surface area (Å²) in [5.74, 6) is 0. The van der Waals surface area contributed by atoms with Crippen LogP contribution in [0.25, 0.3) is 0 Å². The van der Waals surface area contributed by atoms with Crippen LogP contribution in [0.4, 0.5) is 0 Å². The van der Waals surface area contributed by atoms with Crippen LogP contribution in [0.5, 0.6) is 0 Å². The number of aliphatic hydroxyl groups excluding tert-OH is 4. The Kier molecular flexibility index (Phi) is 5.50. The zero-order chi connectivity index (χ0) is 10.0. The molecule has 1 fully saturated rings. The fourth-order valence-electron chi connectivity index (χ4n) is 1.41. The third kappa shape index (κ3) is 2.41. The minimum Gasteiger partial charge on any atom is -0.394 e. The molecule has 1 rings (SSSR count). The minimum absolute atomic E-state index is 0. The predicted molar refractivity (Wildman–Crippen MR) is 49.6 cm³/mol. The van der Waals surface area contributed by atoms with E-state index in [-0.39, 0.29) is 7.43 Å². The Hall–Kier alpha value is -0.240. The Labute approximate surface area is 83.1 Å². The highest BCUT2D eigenvalue weighted by molar-refractivity contribution is 4.91. The molecule has 5 N–H and O–H groups in total. The van der Waals surface area contributed by atoms with Crippen molar-refractivity contribution < 1.29 is 25.2 Å². The standard InChI is InChI=1S/C7H15NO5.CH4/c1-8-4-6(11)5(10)3(2-9)13-7(4)12;/h3-12H,2H2,1H3;1H4/t3-,4-,5-,6-,7?;/m1./s1. The van der Waals surface area contributed by atoms with E-state index in [9.17, 15) is 15.3 Å². The Bertz CT molecular complexity index is 168. The van der Waals surface area contributed by atoms with Gasteiger partial charge in [0.1, 0.15) is 18.3 Å². The lowest BCUT2D eigenvalue weighted by Crippen LogP contribution is -2.62. The van der Waals surface area contributed by atoms with Gasteiger partial charge >= 0.3 is 0 Å². The van der Waals surface area contributed by atoms with Gasteiger partial charge in [0.05, 0.1) is 12.6 Å². The van der Waals surface area contributed by atoms with Gasteiger partial charge in [0.25, 0.3) is 0 Å². The molecule has 0 spiro atoms. The molecule has 0 aromatic heterocycles. The van der Waals surface area contributed by atoms with Crippen LogP contribution in [0, 0.1) is 0 Å². The normalized spacial score (nSPS) is 43.1. The molecule has 0 amide bonds. The zero-order valence-corrected chi connectivity index (χ0v) is 7.29. The van der Waals surface area contributed by atoms with E-state index in [2.05, 4.69) is 5.32 Å². The third-order valence-corrected chi connectivity index (χ3v) is 2.23. The molecule has 1 aliphatic rings. The maximum atomic E-state index is 9.45. The van der Waals surface area contributed by atoms with Gasteiger partial charge < -0.3 is 30.5 Å². The van der Waals surface area contributed by atoms with Crippen molar-refractivity contribution in [2.24, 2.45) is 0 Å². The summed E-state index contributed by atoms with van der Waals surface area (Å²) < 4.78 is 4.85. The predicted octanol–water partition coefficient (Wildman–Crippen LogP) is -2.36. The molecule has 0 aromatic rings. The van der Waals surface area contributed by atoms with Gasteiger partial charge in [-0.2, -0.15) is 0 Å². The van der Waals surface area contributed by atoms with Gasteiger partial charge in [0.15, 0.2) is 6.29 Å². The zero-order valence-electron chi connectivity index (χ0n) is 7.29. The highest BCUT2D eigenvalue weighted by atomic mass is 16.6. The second kappa shape index (κ2) is 5.59. The summed E-state index contributed by atoms with van der Waals surface area (Å²) in [5.41, 5.74) is 0. The van der Waals surface area contributed by atoms with Crippen molar-refractivity contribution >= 4 is 0 Å². The van der Waals surface area contributed by atoms with Crippen molar-refractivity contribution in [3.8, 4) is 0 Å². The fraction of sp³-hybridized carbons (Fsp3) is 1.00. The Balaban J connectivity index is 0.00000169. The summed E-state index contributed by atoms with van der Waals surface area (Å²) in [6, 6.07) is -0.738. The molecule has 0 aromatic carbocycles. The van der Waals surface area contributed by atoms with Crippen LogP contribution in [0.3, 0.4) is 0 Å². The Morgan fingerprint density at radius 1 is 1.21 bits per heavy atom. The molecule has 6 heteroatoms. The molecule has 0 radical (unpaired) electrons. The molecule has 86 valence electrons. The van der Waals surface area contributed by atoms with Crippen LogP contribution < -0.4 is 5.32 Å². The molecular formula is C8H19NO5. The van der Waals surface area contributed by atoms with E-state index in [1.54, 1.807) is 0 Å². The van der Waals surface area contributed by atoms with Crippen molar-refractivity contribution in [3.05, 3.63) is 0 Å². The molecular weight excluding hydrogens is 190 g/mol. The van der Waals surface area contributed by atoms with E-state index in [1.807, 2.05) is 0 Å². The minimum atomic E-state index is -1.22. The van der Waals surface area contributed by atoms with Crippen LogP contribution in [-0.2, 0) is 4.74 Å². The van der Waals surface area contributed by atoms with Crippen molar-refractivity contribution in [2.45, 2.75) is 38.1 Å². The number of rotatable bonds is 2. The Morgan fingerprint density at radius 2 is 1.79 bits per heavy atom. The van der Waals surface area contributed by atoms with Crippen LogP contribution in [0.2, 0.25) is 0 Å². The number of aliphatic hydroxyl groups is 4. The number of hydrogen-bond donors (Lipinski definition) is 5. The SMILES string of the molecule is C.CN[C@H]1C(O)O[C@H](CO)[C@@H](O)[C@@H]1O. The second-order valence-electron chi connectivity index (χ2n) is 3.04. The second-order valence-corrected chi connectivity index (χ2v) is 3.04. The Morgan fingerprint density at radius 3 is 2.21 bits per heavy atom.